The van der Waals surface area contributed by atoms with Crippen molar-refractivity contribution >= 4 is 34.8 Å². The van der Waals surface area contributed by atoms with E-state index in [1.807, 2.05) is 0 Å². The van der Waals surface area contributed by atoms with Gasteiger partial charge in [-0.1, -0.05) is 35.3 Å². The van der Waals surface area contributed by atoms with Crippen molar-refractivity contribution in [3.63, 3.8) is 0 Å². The Morgan fingerprint density at radius 3 is 2.48 bits per heavy atom. The molecule has 0 aliphatic carbocycles. The van der Waals surface area contributed by atoms with E-state index >= 15 is 0 Å². The molecule has 1 saturated heterocycles. The largest absolute Gasteiger partial charge is 0.482 e. The summed E-state index contributed by atoms with van der Waals surface area (Å²) in [5, 5.41) is 3.80. The minimum absolute atomic E-state index is 0.0684. The van der Waals surface area contributed by atoms with Crippen molar-refractivity contribution in [3.05, 3.63) is 58.1 Å². The molecule has 1 amide bonds. The summed E-state index contributed by atoms with van der Waals surface area (Å²) in [5.74, 6) is 0.285. The van der Waals surface area contributed by atoms with Crippen LogP contribution < -0.4 is 15.0 Å². The van der Waals surface area contributed by atoms with Crippen LogP contribution in [0, 0.1) is 0 Å². The number of aryl methyl sites for hydroxylation is 1. The smallest absolute Gasteiger partial charge is 0.257 e. The molecule has 29 heavy (non-hydrogen) atoms. The van der Waals surface area contributed by atoms with Crippen molar-refractivity contribution in [3.8, 4) is 5.75 Å². The SMILES string of the molecule is CN1CCN(c2ccc(CCCNC(=O)COc3ccc(Cl)cc3Cl)cc2)CC1. The zero-order valence-electron chi connectivity index (χ0n) is 16.7. The Kier molecular flexibility index (Phi) is 8.04. The van der Waals surface area contributed by atoms with Gasteiger partial charge in [-0.2, -0.15) is 0 Å². The molecule has 3 rings (SSSR count). The van der Waals surface area contributed by atoms with Crippen LogP contribution in [-0.2, 0) is 11.2 Å². The quantitative estimate of drug-likeness (QED) is 0.639. The van der Waals surface area contributed by atoms with Gasteiger partial charge in [0.15, 0.2) is 6.61 Å². The standard InChI is InChI=1S/C22H27Cl2N3O2/c1-26-11-13-27(14-12-26)19-7-4-17(5-8-19)3-2-10-25-22(28)16-29-21-9-6-18(23)15-20(21)24/h4-9,15H,2-3,10-14,16H2,1H3,(H,25,28). The molecule has 7 heteroatoms. The highest BCUT2D eigenvalue weighted by Gasteiger charge is 2.14. The first-order valence-electron chi connectivity index (χ1n) is 9.88. The van der Waals surface area contributed by atoms with E-state index in [1.165, 1.54) is 11.3 Å². The van der Waals surface area contributed by atoms with Crippen LogP contribution in [0.15, 0.2) is 42.5 Å². The minimum Gasteiger partial charge on any atom is -0.482 e. The number of halogens is 2. The molecule has 2 aromatic carbocycles. The molecule has 0 unspecified atom stereocenters. The van der Waals surface area contributed by atoms with E-state index in [4.69, 9.17) is 27.9 Å². The summed E-state index contributed by atoms with van der Waals surface area (Å²) in [6.45, 7) is 4.90. The zero-order valence-corrected chi connectivity index (χ0v) is 18.2. The van der Waals surface area contributed by atoms with Crippen molar-refractivity contribution in [2.24, 2.45) is 0 Å². The topological polar surface area (TPSA) is 44.8 Å². The lowest BCUT2D eigenvalue weighted by molar-refractivity contribution is -0.123. The molecule has 2 aromatic rings. The number of anilines is 1. The molecular formula is C22H27Cl2N3O2. The summed E-state index contributed by atoms with van der Waals surface area (Å²) in [6.07, 6.45) is 1.80. The van der Waals surface area contributed by atoms with Gasteiger partial charge < -0.3 is 19.9 Å². The van der Waals surface area contributed by atoms with Crippen molar-refractivity contribution < 1.29 is 9.53 Å². The Hall–Kier alpha value is -1.95. The Balaban J connectivity index is 1.34. The fourth-order valence-electron chi connectivity index (χ4n) is 3.24. The van der Waals surface area contributed by atoms with Crippen molar-refractivity contribution in [2.75, 3.05) is 51.3 Å². The molecule has 0 spiro atoms. The van der Waals surface area contributed by atoms with E-state index in [9.17, 15) is 4.79 Å². The van der Waals surface area contributed by atoms with Crippen LogP contribution in [-0.4, -0.2) is 57.2 Å². The fourth-order valence-corrected chi connectivity index (χ4v) is 3.71. The van der Waals surface area contributed by atoms with E-state index in [0.717, 1.165) is 39.0 Å². The molecule has 0 bridgehead atoms. The first-order valence-corrected chi connectivity index (χ1v) is 10.6. The number of likely N-dealkylation sites (N-methyl/N-ethyl adjacent to an activating group) is 1. The van der Waals surface area contributed by atoms with Gasteiger partial charge in [0.2, 0.25) is 0 Å². The summed E-state index contributed by atoms with van der Waals surface area (Å²) >= 11 is 11.9. The third kappa shape index (κ3) is 6.81. The van der Waals surface area contributed by atoms with Crippen LogP contribution in [0.2, 0.25) is 10.0 Å². The van der Waals surface area contributed by atoms with Crippen LogP contribution in [0.5, 0.6) is 5.75 Å². The van der Waals surface area contributed by atoms with Gasteiger partial charge in [0.1, 0.15) is 5.75 Å². The molecule has 1 aliphatic heterocycles. The third-order valence-electron chi connectivity index (χ3n) is 5.02. The molecule has 0 saturated carbocycles. The highest BCUT2D eigenvalue weighted by molar-refractivity contribution is 6.35. The number of rotatable bonds is 8. The number of amides is 1. The second-order valence-corrected chi connectivity index (χ2v) is 8.12. The number of nitrogens with one attached hydrogen (secondary N) is 1. The third-order valence-corrected chi connectivity index (χ3v) is 5.55. The number of hydrogen-bond donors (Lipinski definition) is 1. The number of ether oxygens (including phenoxy) is 1. The van der Waals surface area contributed by atoms with E-state index in [2.05, 4.69) is 46.4 Å². The monoisotopic (exact) mass is 435 g/mol. The molecule has 1 heterocycles. The van der Waals surface area contributed by atoms with Gasteiger partial charge in [-0.15, -0.1) is 0 Å². The van der Waals surface area contributed by atoms with Gasteiger partial charge in [-0.25, -0.2) is 0 Å². The lowest BCUT2D eigenvalue weighted by atomic mass is 10.1. The maximum atomic E-state index is 11.9. The molecule has 1 fully saturated rings. The van der Waals surface area contributed by atoms with Crippen LogP contribution >= 0.6 is 23.2 Å². The average molecular weight is 436 g/mol. The van der Waals surface area contributed by atoms with Gasteiger partial charge in [-0.05, 0) is 55.8 Å². The Labute approximate surface area is 182 Å². The lowest BCUT2D eigenvalue weighted by Crippen LogP contribution is -2.44. The number of benzene rings is 2. The zero-order chi connectivity index (χ0) is 20.6. The predicted molar refractivity (Wildman–Crippen MR) is 119 cm³/mol. The van der Waals surface area contributed by atoms with E-state index < -0.39 is 0 Å². The number of carbonyl (C=O) groups is 1. The van der Waals surface area contributed by atoms with E-state index in [1.54, 1.807) is 18.2 Å². The molecule has 0 atom stereocenters. The molecular weight excluding hydrogens is 409 g/mol. The molecule has 5 nitrogen and oxygen atoms in total. The molecule has 156 valence electrons. The van der Waals surface area contributed by atoms with Gasteiger partial charge in [0.25, 0.3) is 5.91 Å². The van der Waals surface area contributed by atoms with Crippen LogP contribution in [0.4, 0.5) is 5.69 Å². The first kappa shape index (κ1) is 21.8. The van der Waals surface area contributed by atoms with Gasteiger partial charge in [0, 0.05) is 43.4 Å². The van der Waals surface area contributed by atoms with Crippen LogP contribution in [0.3, 0.4) is 0 Å². The Morgan fingerprint density at radius 1 is 1.07 bits per heavy atom. The molecule has 0 aromatic heterocycles. The summed E-state index contributed by atoms with van der Waals surface area (Å²) in [6, 6.07) is 13.7. The average Bonchev–Trinajstić information content (AvgIpc) is 2.72. The van der Waals surface area contributed by atoms with Crippen molar-refractivity contribution in [1.29, 1.82) is 0 Å². The summed E-state index contributed by atoms with van der Waals surface area (Å²) in [5.41, 5.74) is 2.56. The summed E-state index contributed by atoms with van der Waals surface area (Å²) < 4.78 is 5.44. The predicted octanol–water partition coefficient (Wildman–Crippen LogP) is 3.87. The van der Waals surface area contributed by atoms with Gasteiger partial charge in [-0.3, -0.25) is 4.79 Å². The molecule has 0 radical (unpaired) electrons. The van der Waals surface area contributed by atoms with Crippen LogP contribution in [0.1, 0.15) is 12.0 Å². The molecule has 1 N–H and O–H groups in total. The number of piperazine rings is 1. The van der Waals surface area contributed by atoms with Crippen molar-refractivity contribution in [1.82, 2.24) is 10.2 Å². The minimum atomic E-state index is -0.165. The Morgan fingerprint density at radius 2 is 1.79 bits per heavy atom. The number of hydrogen-bond acceptors (Lipinski definition) is 4. The normalized spacial score (nSPS) is 14.7. The van der Waals surface area contributed by atoms with E-state index in [0.29, 0.717) is 22.3 Å². The number of nitrogens with zero attached hydrogens (tertiary/aromatic N) is 2. The lowest BCUT2D eigenvalue weighted by Gasteiger charge is -2.34. The van der Waals surface area contributed by atoms with Crippen molar-refractivity contribution in [2.45, 2.75) is 12.8 Å². The second kappa shape index (κ2) is 10.7. The fraction of sp³-hybridized carbons (Fsp3) is 0.409. The summed E-state index contributed by atoms with van der Waals surface area (Å²) in [7, 11) is 2.16. The van der Waals surface area contributed by atoms with E-state index in [-0.39, 0.29) is 12.5 Å². The van der Waals surface area contributed by atoms with Gasteiger partial charge in [0.05, 0.1) is 5.02 Å². The Bertz CT molecular complexity index is 806. The van der Waals surface area contributed by atoms with Gasteiger partial charge >= 0.3 is 0 Å². The maximum absolute atomic E-state index is 11.9. The first-order chi connectivity index (χ1) is 14.0. The number of carbonyl (C=O) groups excluding carboxylic acids is 1. The molecule has 1 aliphatic rings. The highest BCUT2D eigenvalue weighted by atomic mass is 35.5. The summed E-state index contributed by atoms with van der Waals surface area (Å²) in [4.78, 5) is 16.7. The second-order valence-electron chi connectivity index (χ2n) is 7.27. The van der Waals surface area contributed by atoms with Crippen LogP contribution in [0.25, 0.3) is 0 Å². The highest BCUT2D eigenvalue weighted by Crippen LogP contribution is 2.27. The maximum Gasteiger partial charge on any atom is 0.257 e.